The first kappa shape index (κ1) is 22.5. The van der Waals surface area contributed by atoms with Crippen LogP contribution in [0.25, 0.3) is 0 Å². The molecule has 0 aliphatic carbocycles. The fourth-order valence-electron chi connectivity index (χ4n) is 3.51. The number of nitrogens with zero attached hydrogens (tertiary/aromatic N) is 2. The predicted octanol–water partition coefficient (Wildman–Crippen LogP) is 2.96. The van der Waals surface area contributed by atoms with Crippen molar-refractivity contribution in [2.24, 2.45) is 0 Å². The summed E-state index contributed by atoms with van der Waals surface area (Å²) >= 11 is 1.21. The fraction of sp³-hybridized carbons (Fsp3) is 0.450. The molecule has 0 bridgehead atoms. The molecule has 10 heteroatoms. The molecule has 1 N–H and O–H groups in total. The van der Waals surface area contributed by atoms with E-state index >= 15 is 0 Å². The van der Waals surface area contributed by atoms with Crippen molar-refractivity contribution in [1.29, 1.82) is 0 Å². The second-order valence-electron chi connectivity index (χ2n) is 7.13. The Labute approximate surface area is 180 Å². The van der Waals surface area contributed by atoms with E-state index in [0.29, 0.717) is 40.6 Å². The van der Waals surface area contributed by atoms with Gasteiger partial charge in [0, 0.05) is 25.0 Å². The van der Waals surface area contributed by atoms with Crippen LogP contribution in [0.2, 0.25) is 0 Å². The molecule has 1 fully saturated rings. The summed E-state index contributed by atoms with van der Waals surface area (Å²) in [4.78, 5) is 31.8. The third-order valence-electron chi connectivity index (χ3n) is 5.12. The van der Waals surface area contributed by atoms with E-state index in [1.807, 2.05) is 0 Å². The van der Waals surface area contributed by atoms with Gasteiger partial charge in [0.25, 0.3) is 0 Å². The standard InChI is InChI=1S/C20H25N3O5S2/c1-13-18(20(25)28-3)14(2)22-19(13)16(24)12-29-17-8-7-15(11-21-17)30(26,27)23-9-5-4-6-10-23/h7-8,11,22H,4-6,9-10,12H2,1-3H3. The molecule has 1 aliphatic heterocycles. The van der Waals surface area contributed by atoms with Crippen LogP contribution in [0, 0.1) is 13.8 Å². The summed E-state index contributed by atoms with van der Waals surface area (Å²) in [5.41, 5.74) is 1.87. The summed E-state index contributed by atoms with van der Waals surface area (Å²) in [6.45, 7) is 4.49. The second-order valence-corrected chi connectivity index (χ2v) is 10.1. The largest absolute Gasteiger partial charge is 0.465 e. The van der Waals surface area contributed by atoms with E-state index in [1.165, 1.54) is 35.4 Å². The van der Waals surface area contributed by atoms with Gasteiger partial charge < -0.3 is 9.72 Å². The van der Waals surface area contributed by atoms with Crippen LogP contribution in [-0.2, 0) is 14.8 Å². The molecule has 0 spiro atoms. The molecule has 3 heterocycles. The van der Waals surface area contributed by atoms with Crippen molar-refractivity contribution in [3.63, 3.8) is 0 Å². The fourth-order valence-corrected chi connectivity index (χ4v) is 5.69. The van der Waals surface area contributed by atoms with Crippen molar-refractivity contribution in [3.8, 4) is 0 Å². The number of carbonyl (C=O) groups is 2. The summed E-state index contributed by atoms with van der Waals surface area (Å²) in [6.07, 6.45) is 4.14. The normalized spacial score (nSPS) is 15.2. The molecule has 0 atom stereocenters. The molecule has 0 aromatic carbocycles. The highest BCUT2D eigenvalue weighted by Crippen LogP contribution is 2.24. The smallest absolute Gasteiger partial charge is 0.339 e. The van der Waals surface area contributed by atoms with Gasteiger partial charge in [-0.25, -0.2) is 18.2 Å². The van der Waals surface area contributed by atoms with Crippen LogP contribution in [0.1, 0.15) is 51.4 Å². The Balaban J connectivity index is 1.67. The minimum atomic E-state index is -3.53. The van der Waals surface area contributed by atoms with Crippen molar-refractivity contribution in [2.45, 2.75) is 43.0 Å². The van der Waals surface area contributed by atoms with Crippen LogP contribution in [0.4, 0.5) is 0 Å². The predicted molar refractivity (Wildman–Crippen MR) is 114 cm³/mol. The number of ether oxygens (including phenoxy) is 1. The number of H-pyrrole nitrogens is 1. The Morgan fingerprint density at radius 2 is 1.90 bits per heavy atom. The molecule has 30 heavy (non-hydrogen) atoms. The van der Waals surface area contributed by atoms with Crippen LogP contribution < -0.4 is 0 Å². The number of Topliss-reactive ketones (excluding diaryl/α,β-unsaturated/α-hetero) is 1. The van der Waals surface area contributed by atoms with E-state index in [2.05, 4.69) is 9.97 Å². The highest BCUT2D eigenvalue weighted by Gasteiger charge is 2.26. The van der Waals surface area contributed by atoms with Crippen molar-refractivity contribution < 1.29 is 22.7 Å². The zero-order chi connectivity index (χ0) is 21.9. The van der Waals surface area contributed by atoms with E-state index in [9.17, 15) is 18.0 Å². The van der Waals surface area contributed by atoms with Crippen molar-refractivity contribution >= 4 is 33.5 Å². The lowest BCUT2D eigenvalue weighted by molar-refractivity contribution is 0.0599. The molecule has 162 valence electrons. The Morgan fingerprint density at radius 1 is 1.20 bits per heavy atom. The number of carbonyl (C=O) groups excluding carboxylic acids is 2. The second kappa shape index (κ2) is 9.32. The quantitative estimate of drug-likeness (QED) is 0.391. The van der Waals surface area contributed by atoms with Gasteiger partial charge in [0.2, 0.25) is 10.0 Å². The average molecular weight is 452 g/mol. The molecule has 0 unspecified atom stereocenters. The number of esters is 1. The highest BCUT2D eigenvalue weighted by molar-refractivity contribution is 7.99. The summed E-state index contributed by atoms with van der Waals surface area (Å²) in [7, 11) is -2.23. The number of sulfonamides is 1. The van der Waals surface area contributed by atoms with Crippen LogP contribution >= 0.6 is 11.8 Å². The maximum atomic E-state index is 12.7. The molecular weight excluding hydrogens is 426 g/mol. The van der Waals surface area contributed by atoms with E-state index in [0.717, 1.165) is 19.3 Å². The van der Waals surface area contributed by atoms with Gasteiger partial charge in [0.15, 0.2) is 5.78 Å². The highest BCUT2D eigenvalue weighted by atomic mass is 32.2. The molecule has 2 aromatic heterocycles. The lowest BCUT2D eigenvalue weighted by atomic mass is 10.1. The number of aromatic amines is 1. The summed E-state index contributed by atoms with van der Waals surface area (Å²) in [5.74, 6) is -0.560. The molecular formula is C20H25N3O5S2. The van der Waals surface area contributed by atoms with Crippen LogP contribution in [0.5, 0.6) is 0 Å². The van der Waals surface area contributed by atoms with Gasteiger partial charge in [-0.2, -0.15) is 4.31 Å². The maximum Gasteiger partial charge on any atom is 0.339 e. The van der Waals surface area contributed by atoms with E-state index in [-0.39, 0.29) is 16.4 Å². The number of rotatable bonds is 7. The number of hydrogen-bond acceptors (Lipinski definition) is 7. The van der Waals surface area contributed by atoms with Crippen molar-refractivity contribution in [2.75, 3.05) is 26.0 Å². The third kappa shape index (κ3) is 4.60. The summed E-state index contributed by atoms with van der Waals surface area (Å²) in [5, 5.41) is 0.551. The molecule has 8 nitrogen and oxygen atoms in total. The number of nitrogens with one attached hydrogen (secondary N) is 1. The average Bonchev–Trinajstić information content (AvgIpc) is 3.06. The number of methoxy groups -OCH3 is 1. The minimum absolute atomic E-state index is 0.104. The van der Waals surface area contributed by atoms with Crippen LogP contribution in [0.3, 0.4) is 0 Å². The number of ketones is 1. The van der Waals surface area contributed by atoms with Crippen LogP contribution in [0.15, 0.2) is 28.3 Å². The van der Waals surface area contributed by atoms with E-state index < -0.39 is 16.0 Å². The summed E-state index contributed by atoms with van der Waals surface area (Å²) < 4.78 is 31.6. The molecule has 1 aliphatic rings. The number of hydrogen-bond donors (Lipinski definition) is 1. The lowest BCUT2D eigenvalue weighted by Crippen LogP contribution is -2.35. The van der Waals surface area contributed by atoms with Crippen molar-refractivity contribution in [1.82, 2.24) is 14.3 Å². The topological polar surface area (TPSA) is 109 Å². The number of thioether (sulfide) groups is 1. The Bertz CT molecular complexity index is 1040. The Kier molecular flexibility index (Phi) is 6.99. The number of aromatic nitrogens is 2. The Hall–Kier alpha value is -2.17. The monoisotopic (exact) mass is 451 g/mol. The summed E-state index contributed by atoms with van der Waals surface area (Å²) in [6, 6.07) is 3.14. The van der Waals surface area contributed by atoms with Gasteiger partial charge in [-0.1, -0.05) is 18.2 Å². The van der Waals surface area contributed by atoms with Gasteiger partial charge >= 0.3 is 5.97 Å². The molecule has 1 saturated heterocycles. The first-order valence-electron chi connectivity index (χ1n) is 9.65. The molecule has 0 radical (unpaired) electrons. The third-order valence-corrected chi connectivity index (χ3v) is 7.94. The minimum Gasteiger partial charge on any atom is -0.465 e. The molecule has 0 saturated carbocycles. The number of aryl methyl sites for hydroxylation is 1. The first-order valence-corrected chi connectivity index (χ1v) is 12.1. The zero-order valence-electron chi connectivity index (χ0n) is 17.2. The zero-order valence-corrected chi connectivity index (χ0v) is 18.9. The Morgan fingerprint density at radius 3 is 2.50 bits per heavy atom. The van der Waals surface area contributed by atoms with Gasteiger partial charge in [-0.3, -0.25) is 4.79 Å². The van der Waals surface area contributed by atoms with Gasteiger partial charge in [-0.05, 0) is 44.4 Å². The van der Waals surface area contributed by atoms with Crippen LogP contribution in [-0.4, -0.2) is 60.4 Å². The first-order chi connectivity index (χ1) is 14.3. The van der Waals surface area contributed by atoms with E-state index in [1.54, 1.807) is 19.9 Å². The van der Waals surface area contributed by atoms with E-state index in [4.69, 9.17) is 4.74 Å². The number of pyridine rings is 1. The molecule has 0 amide bonds. The lowest BCUT2D eigenvalue weighted by Gasteiger charge is -2.25. The maximum absolute atomic E-state index is 12.7. The van der Waals surface area contributed by atoms with Gasteiger partial charge in [0.05, 0.1) is 29.1 Å². The van der Waals surface area contributed by atoms with Gasteiger partial charge in [-0.15, -0.1) is 0 Å². The molecule has 2 aromatic rings. The molecule has 3 rings (SSSR count). The SMILES string of the molecule is COC(=O)c1c(C)[nH]c(C(=O)CSc2ccc(S(=O)(=O)N3CCCCC3)cn2)c1C. The van der Waals surface area contributed by atoms with Crippen molar-refractivity contribution in [3.05, 3.63) is 40.8 Å². The van der Waals surface area contributed by atoms with Gasteiger partial charge in [0.1, 0.15) is 4.90 Å². The number of piperidine rings is 1.